The van der Waals surface area contributed by atoms with Crippen LogP contribution in [0.15, 0.2) is 60.3 Å². The number of esters is 1. The largest absolute Gasteiger partial charge is 0.468 e. The second-order valence-electron chi connectivity index (χ2n) is 15.7. The van der Waals surface area contributed by atoms with E-state index in [9.17, 15) is 14.4 Å². The Kier molecular flexibility index (Phi) is 8.88. The molecule has 9 rings (SSSR count). The van der Waals surface area contributed by atoms with Crippen LogP contribution in [0.1, 0.15) is 69.4 Å². The molecule has 1 saturated heterocycles. The number of methoxy groups -OCH3 is 1. The number of carbonyl (C=O) groups is 3. The highest BCUT2D eigenvalue weighted by Crippen LogP contribution is 2.60. The normalized spacial score (nSPS) is 33.5. The molecule has 3 heterocycles. The molecule has 2 aromatic carbocycles. The summed E-state index contributed by atoms with van der Waals surface area (Å²) in [7, 11) is 1.36. The van der Waals surface area contributed by atoms with Crippen LogP contribution in [0.4, 0.5) is 0 Å². The first-order valence-corrected chi connectivity index (χ1v) is 18.3. The Morgan fingerprint density at radius 3 is 2.38 bits per heavy atom. The molecule has 4 atom stereocenters. The Hall–Kier alpha value is -3.89. The van der Waals surface area contributed by atoms with Gasteiger partial charge < -0.3 is 33.9 Å². The van der Waals surface area contributed by atoms with Gasteiger partial charge in [0.05, 0.1) is 33.0 Å². The zero-order valence-electron chi connectivity index (χ0n) is 29.1. The van der Waals surface area contributed by atoms with Crippen molar-refractivity contribution in [2.75, 3.05) is 27.1 Å². The molecule has 4 aliphatic carbocycles. The van der Waals surface area contributed by atoms with Crippen molar-refractivity contribution in [3.8, 4) is 11.5 Å². The van der Waals surface area contributed by atoms with Gasteiger partial charge in [-0.05, 0) is 104 Å². The van der Waals surface area contributed by atoms with Gasteiger partial charge in [0.15, 0.2) is 11.5 Å². The Labute approximate surface area is 293 Å². The van der Waals surface area contributed by atoms with E-state index in [1.807, 2.05) is 61.5 Å². The lowest BCUT2D eigenvalue weighted by Crippen LogP contribution is -2.60. The van der Waals surface area contributed by atoms with Gasteiger partial charge in [-0.2, -0.15) is 0 Å². The summed E-state index contributed by atoms with van der Waals surface area (Å²) in [6, 6.07) is 15.5. The summed E-state index contributed by atoms with van der Waals surface area (Å²) in [5, 5.41) is 3.26. The highest BCUT2D eigenvalue weighted by Gasteiger charge is 2.60. The average Bonchev–Trinajstić information content (AvgIpc) is 3.57. The second kappa shape index (κ2) is 13.3. The molecule has 2 amide bonds. The standard InChI is InChI=1S/C40H48N2O8/c1-25-40(38(45)46-2)19-31(14-36(43)41-23-39-16-28-10-29(17-39)12-30(11-28)18-39)37(44)42(20-27-8-9-33-34(13-27)49-24-48-33)35(40)15-32(50-25)22-47-21-26-6-4-3-5-7-26/h3-9,13,15,25,28-32H,10-12,14,16-24H2,1-2H3,(H,41,43)/t25-,28?,29?,30?,31+,32-,39?,40+/m1/s1. The summed E-state index contributed by atoms with van der Waals surface area (Å²) in [6.07, 6.45) is 8.39. The summed E-state index contributed by atoms with van der Waals surface area (Å²) in [6.45, 7) is 3.47. The maximum Gasteiger partial charge on any atom is 0.320 e. The molecule has 5 fully saturated rings. The minimum atomic E-state index is -1.29. The van der Waals surface area contributed by atoms with Crippen LogP contribution < -0.4 is 14.8 Å². The van der Waals surface area contributed by atoms with E-state index in [1.54, 1.807) is 4.90 Å². The molecule has 4 saturated carbocycles. The molecule has 10 heteroatoms. The summed E-state index contributed by atoms with van der Waals surface area (Å²) >= 11 is 0. The fourth-order valence-corrected chi connectivity index (χ4v) is 10.5. The number of piperidine rings is 1. The SMILES string of the molecule is COC(=O)[C@]12C[C@H](CC(=O)NCC34CC5CC(CC(C5)C3)C4)C(=O)N(Cc3ccc4c(c3)OCO4)C1=C[C@H](COCc1ccccc1)O[C@@H]2C. The van der Waals surface area contributed by atoms with Crippen LogP contribution in [0, 0.1) is 34.5 Å². The lowest BCUT2D eigenvalue weighted by Gasteiger charge is -2.57. The summed E-state index contributed by atoms with van der Waals surface area (Å²) in [5.74, 6) is 2.03. The van der Waals surface area contributed by atoms with Gasteiger partial charge in [-0.25, -0.2) is 0 Å². The van der Waals surface area contributed by atoms with Crippen molar-refractivity contribution in [2.24, 2.45) is 34.5 Å². The third-order valence-corrected chi connectivity index (χ3v) is 12.3. The quantitative estimate of drug-likeness (QED) is 0.308. The Morgan fingerprint density at radius 1 is 0.940 bits per heavy atom. The van der Waals surface area contributed by atoms with Gasteiger partial charge in [0.1, 0.15) is 11.5 Å². The number of likely N-dealkylation sites (tertiary alicyclic amines) is 1. The first-order valence-electron chi connectivity index (χ1n) is 18.3. The molecule has 0 unspecified atom stereocenters. The smallest absolute Gasteiger partial charge is 0.320 e. The maximum atomic E-state index is 14.6. The van der Waals surface area contributed by atoms with Gasteiger partial charge in [0.2, 0.25) is 18.6 Å². The number of hydrogen-bond donors (Lipinski definition) is 1. The predicted molar refractivity (Wildman–Crippen MR) is 182 cm³/mol. The third kappa shape index (κ3) is 6.19. The number of nitrogens with zero attached hydrogens (tertiary/aromatic N) is 1. The molecule has 4 bridgehead atoms. The van der Waals surface area contributed by atoms with Crippen LogP contribution in [-0.2, 0) is 41.7 Å². The van der Waals surface area contributed by atoms with E-state index in [0.717, 1.165) is 28.9 Å². The van der Waals surface area contributed by atoms with Crippen LogP contribution >= 0.6 is 0 Å². The van der Waals surface area contributed by atoms with Crippen molar-refractivity contribution >= 4 is 17.8 Å². The summed E-state index contributed by atoms with van der Waals surface area (Å²) < 4.78 is 29.1. The van der Waals surface area contributed by atoms with E-state index < -0.39 is 29.5 Å². The summed E-state index contributed by atoms with van der Waals surface area (Å²) in [5.41, 5.74) is 1.27. The van der Waals surface area contributed by atoms with Gasteiger partial charge in [-0.1, -0.05) is 36.4 Å². The van der Waals surface area contributed by atoms with E-state index in [4.69, 9.17) is 23.7 Å². The molecule has 7 aliphatic rings. The minimum absolute atomic E-state index is 0.00873. The zero-order valence-corrected chi connectivity index (χ0v) is 29.1. The van der Waals surface area contributed by atoms with Gasteiger partial charge in [0, 0.05) is 24.6 Å². The number of amides is 2. The monoisotopic (exact) mass is 684 g/mol. The fraction of sp³-hybridized carbons (Fsp3) is 0.575. The number of rotatable bonds is 11. The number of benzene rings is 2. The van der Waals surface area contributed by atoms with Crippen LogP contribution in [0.3, 0.4) is 0 Å². The van der Waals surface area contributed by atoms with E-state index in [0.29, 0.717) is 30.3 Å². The van der Waals surface area contributed by atoms with Crippen molar-refractivity contribution in [1.29, 1.82) is 0 Å². The topological polar surface area (TPSA) is 113 Å². The van der Waals surface area contributed by atoms with Crippen LogP contribution in [-0.4, -0.2) is 61.9 Å². The molecule has 1 N–H and O–H groups in total. The lowest BCUT2D eigenvalue weighted by atomic mass is 9.49. The molecule has 50 heavy (non-hydrogen) atoms. The maximum absolute atomic E-state index is 14.6. The average molecular weight is 685 g/mol. The van der Waals surface area contributed by atoms with Crippen LogP contribution in [0.25, 0.3) is 0 Å². The molecule has 0 spiro atoms. The van der Waals surface area contributed by atoms with Crippen molar-refractivity contribution in [3.63, 3.8) is 0 Å². The van der Waals surface area contributed by atoms with Crippen molar-refractivity contribution < 1.29 is 38.1 Å². The molecule has 0 radical (unpaired) electrons. The van der Waals surface area contributed by atoms with E-state index in [-0.39, 0.29) is 50.0 Å². The Balaban J connectivity index is 1.05. The van der Waals surface area contributed by atoms with E-state index >= 15 is 0 Å². The molecule has 266 valence electrons. The molecular weight excluding hydrogens is 636 g/mol. The van der Waals surface area contributed by atoms with Gasteiger partial charge in [-0.3, -0.25) is 14.4 Å². The number of hydrogen-bond acceptors (Lipinski definition) is 8. The third-order valence-electron chi connectivity index (χ3n) is 12.3. The number of fused-ring (bicyclic) bond motifs is 2. The minimum Gasteiger partial charge on any atom is -0.468 e. The fourth-order valence-electron chi connectivity index (χ4n) is 10.5. The molecular formula is C40H48N2O8. The second-order valence-corrected chi connectivity index (χ2v) is 15.7. The van der Waals surface area contributed by atoms with Gasteiger partial charge >= 0.3 is 5.97 Å². The van der Waals surface area contributed by atoms with Crippen molar-refractivity contribution in [1.82, 2.24) is 10.2 Å². The van der Waals surface area contributed by atoms with Crippen molar-refractivity contribution in [3.05, 3.63) is 71.4 Å². The highest BCUT2D eigenvalue weighted by molar-refractivity contribution is 5.92. The number of nitrogens with one attached hydrogen (secondary N) is 1. The highest BCUT2D eigenvalue weighted by atomic mass is 16.7. The van der Waals surface area contributed by atoms with E-state index in [1.165, 1.54) is 45.6 Å². The first kappa shape index (κ1) is 33.3. The van der Waals surface area contributed by atoms with Gasteiger partial charge in [-0.15, -0.1) is 0 Å². The Bertz CT molecular complexity index is 1620. The molecule has 3 aliphatic heterocycles. The van der Waals surface area contributed by atoms with E-state index in [2.05, 4.69) is 5.32 Å². The van der Waals surface area contributed by atoms with Crippen LogP contribution in [0.2, 0.25) is 0 Å². The first-order chi connectivity index (χ1) is 24.2. The van der Waals surface area contributed by atoms with Crippen LogP contribution in [0.5, 0.6) is 11.5 Å². The lowest BCUT2D eigenvalue weighted by molar-refractivity contribution is -0.178. The zero-order chi connectivity index (χ0) is 34.5. The summed E-state index contributed by atoms with van der Waals surface area (Å²) in [4.78, 5) is 43.9. The number of carbonyl (C=O) groups excluding carboxylic acids is 3. The van der Waals surface area contributed by atoms with Gasteiger partial charge in [0.25, 0.3) is 0 Å². The molecule has 10 nitrogen and oxygen atoms in total. The number of ether oxygens (including phenoxy) is 5. The molecule has 2 aromatic rings. The van der Waals surface area contributed by atoms with Crippen molar-refractivity contribution in [2.45, 2.75) is 83.6 Å². The molecule has 0 aromatic heterocycles. The Morgan fingerprint density at radius 2 is 1.66 bits per heavy atom. The predicted octanol–water partition coefficient (Wildman–Crippen LogP) is 5.53.